The Morgan fingerprint density at radius 1 is 1.45 bits per heavy atom. The van der Waals surface area contributed by atoms with Crippen LogP contribution < -0.4 is 0 Å². The smallest absolute Gasteiger partial charge is 0.410 e. The summed E-state index contributed by atoms with van der Waals surface area (Å²) in [6.07, 6.45) is 1.44. The summed E-state index contributed by atoms with van der Waals surface area (Å²) in [5, 5.41) is 0. The molecular formula is C15H29N3O2. The van der Waals surface area contributed by atoms with Crippen LogP contribution >= 0.6 is 0 Å². The number of hydrogen-bond donors (Lipinski definition) is 1. The molecule has 0 radical (unpaired) electrons. The summed E-state index contributed by atoms with van der Waals surface area (Å²) >= 11 is 0. The number of carbonyl (C=O) groups excluding carboxylic acids is 1. The van der Waals surface area contributed by atoms with E-state index >= 15 is 0 Å². The fourth-order valence-electron chi connectivity index (χ4n) is 2.00. The van der Waals surface area contributed by atoms with E-state index in [-0.39, 0.29) is 7.52 Å². The first-order chi connectivity index (χ1) is 9.39. The second-order valence-corrected chi connectivity index (χ2v) is 5.61. The molecule has 116 valence electrons. The molecule has 0 aromatic carbocycles. The number of aryl methyl sites for hydroxylation is 1. The van der Waals surface area contributed by atoms with Crippen molar-refractivity contribution in [2.75, 3.05) is 6.54 Å². The zero-order valence-corrected chi connectivity index (χ0v) is 13.5. The zero-order valence-electron chi connectivity index (χ0n) is 13.5. The molecule has 5 heteroatoms. The van der Waals surface area contributed by atoms with E-state index in [1.54, 1.807) is 4.90 Å². The molecule has 20 heavy (non-hydrogen) atoms. The second kappa shape index (κ2) is 6.77. The molecular weight excluding hydrogens is 254 g/mol. The van der Waals surface area contributed by atoms with Gasteiger partial charge in [0.25, 0.3) is 0 Å². The standard InChI is InChI=1S/C13H21N3O2.C2H6.H2/c1-5-11-14-9-6-7-16(8-10(9)15-11)12(17)18-13(2,3)4;1-2;/h5-8H2,1-4H3,(H,14,15);1-2H3;1H. The van der Waals surface area contributed by atoms with Crippen LogP contribution in [-0.2, 0) is 24.1 Å². The van der Waals surface area contributed by atoms with Gasteiger partial charge in [-0.15, -0.1) is 0 Å². The first-order valence-corrected chi connectivity index (χ1v) is 7.43. The van der Waals surface area contributed by atoms with Crippen LogP contribution in [0.1, 0.15) is 60.2 Å². The second-order valence-electron chi connectivity index (χ2n) is 5.61. The third-order valence-corrected chi connectivity index (χ3v) is 2.87. The van der Waals surface area contributed by atoms with E-state index in [0.717, 1.165) is 30.1 Å². The van der Waals surface area contributed by atoms with Gasteiger partial charge in [-0.1, -0.05) is 20.8 Å². The molecule has 2 rings (SSSR count). The largest absolute Gasteiger partial charge is 0.444 e. The van der Waals surface area contributed by atoms with Crippen molar-refractivity contribution in [2.24, 2.45) is 0 Å². The van der Waals surface area contributed by atoms with E-state index < -0.39 is 5.60 Å². The number of hydrogen-bond acceptors (Lipinski definition) is 3. The van der Waals surface area contributed by atoms with Crippen molar-refractivity contribution < 1.29 is 11.0 Å². The summed E-state index contributed by atoms with van der Waals surface area (Å²) in [6, 6.07) is 0. The Morgan fingerprint density at radius 2 is 2.10 bits per heavy atom. The minimum Gasteiger partial charge on any atom is -0.444 e. The van der Waals surface area contributed by atoms with Crippen LogP contribution in [0, 0.1) is 0 Å². The van der Waals surface area contributed by atoms with Gasteiger partial charge in [0.15, 0.2) is 0 Å². The molecule has 1 aromatic heterocycles. The Morgan fingerprint density at radius 3 is 2.65 bits per heavy atom. The first kappa shape index (κ1) is 16.5. The van der Waals surface area contributed by atoms with Crippen molar-refractivity contribution in [1.29, 1.82) is 0 Å². The number of aromatic nitrogens is 2. The van der Waals surface area contributed by atoms with Gasteiger partial charge in [0.1, 0.15) is 11.4 Å². The van der Waals surface area contributed by atoms with Crippen molar-refractivity contribution in [3.63, 3.8) is 0 Å². The van der Waals surface area contributed by atoms with E-state index in [1.807, 2.05) is 34.6 Å². The molecule has 0 aliphatic carbocycles. The molecule has 0 bridgehead atoms. The highest BCUT2D eigenvalue weighted by Gasteiger charge is 2.27. The van der Waals surface area contributed by atoms with E-state index in [0.29, 0.717) is 13.1 Å². The molecule has 1 aliphatic rings. The number of nitrogens with one attached hydrogen (secondary N) is 1. The molecule has 0 atom stereocenters. The average Bonchev–Trinajstić information content (AvgIpc) is 2.81. The fourth-order valence-corrected chi connectivity index (χ4v) is 2.00. The Hall–Kier alpha value is -1.52. The number of nitrogens with zero attached hydrogens (tertiary/aromatic N) is 2. The molecule has 5 nitrogen and oxygen atoms in total. The van der Waals surface area contributed by atoms with Crippen LogP contribution in [0.2, 0.25) is 0 Å². The Kier molecular flexibility index (Phi) is 5.60. The van der Waals surface area contributed by atoms with Gasteiger partial charge in [-0.2, -0.15) is 0 Å². The van der Waals surface area contributed by atoms with Crippen LogP contribution in [-0.4, -0.2) is 33.1 Å². The number of rotatable bonds is 1. The summed E-state index contributed by atoms with van der Waals surface area (Å²) in [6.45, 7) is 13.0. The van der Waals surface area contributed by atoms with E-state index in [1.165, 1.54) is 0 Å². The fraction of sp³-hybridized carbons (Fsp3) is 0.733. The highest BCUT2D eigenvalue weighted by molar-refractivity contribution is 5.68. The number of H-pyrrole nitrogens is 1. The van der Waals surface area contributed by atoms with Gasteiger partial charge < -0.3 is 14.6 Å². The Labute approximate surface area is 123 Å². The van der Waals surface area contributed by atoms with Crippen LogP contribution in [0.4, 0.5) is 4.79 Å². The predicted molar refractivity (Wildman–Crippen MR) is 81.8 cm³/mol. The number of aromatic amines is 1. The van der Waals surface area contributed by atoms with Gasteiger partial charge >= 0.3 is 6.09 Å². The minimum absolute atomic E-state index is 0. The molecule has 0 fully saturated rings. The third-order valence-electron chi connectivity index (χ3n) is 2.87. The number of fused-ring (bicyclic) bond motifs is 1. The van der Waals surface area contributed by atoms with Gasteiger partial charge in [-0.25, -0.2) is 9.78 Å². The van der Waals surface area contributed by atoms with Crippen LogP contribution in [0.25, 0.3) is 0 Å². The topological polar surface area (TPSA) is 58.2 Å². The maximum absolute atomic E-state index is 12.0. The van der Waals surface area contributed by atoms with Gasteiger partial charge in [0.05, 0.1) is 17.9 Å². The summed E-state index contributed by atoms with van der Waals surface area (Å²) in [5.74, 6) is 0.992. The summed E-state index contributed by atoms with van der Waals surface area (Å²) in [4.78, 5) is 21.5. The van der Waals surface area contributed by atoms with Gasteiger partial charge in [0, 0.05) is 20.8 Å². The van der Waals surface area contributed by atoms with Crippen LogP contribution in [0.3, 0.4) is 0 Å². The molecule has 0 saturated heterocycles. The quantitative estimate of drug-likeness (QED) is 0.857. The van der Waals surface area contributed by atoms with Gasteiger partial charge in [-0.3, -0.25) is 0 Å². The van der Waals surface area contributed by atoms with E-state index in [2.05, 4.69) is 16.9 Å². The maximum atomic E-state index is 12.0. The molecule has 0 unspecified atom stereocenters. The lowest BCUT2D eigenvalue weighted by Crippen LogP contribution is -2.39. The summed E-state index contributed by atoms with van der Waals surface area (Å²) in [7, 11) is 0. The number of carbonyl (C=O) groups is 1. The minimum atomic E-state index is -0.445. The Bertz CT molecular complexity index is 452. The van der Waals surface area contributed by atoms with Crippen molar-refractivity contribution in [2.45, 2.75) is 66.5 Å². The monoisotopic (exact) mass is 283 g/mol. The van der Waals surface area contributed by atoms with Crippen molar-refractivity contribution in [3.8, 4) is 0 Å². The van der Waals surface area contributed by atoms with Gasteiger partial charge in [0.2, 0.25) is 0 Å². The number of amides is 1. The van der Waals surface area contributed by atoms with Crippen LogP contribution in [0.15, 0.2) is 0 Å². The summed E-state index contributed by atoms with van der Waals surface area (Å²) < 4.78 is 5.38. The molecule has 1 N–H and O–H groups in total. The maximum Gasteiger partial charge on any atom is 0.410 e. The van der Waals surface area contributed by atoms with Gasteiger partial charge in [-0.05, 0) is 20.8 Å². The Balaban J connectivity index is 0.00000128. The lowest BCUT2D eigenvalue weighted by molar-refractivity contribution is 0.0221. The van der Waals surface area contributed by atoms with Crippen molar-refractivity contribution in [1.82, 2.24) is 14.9 Å². The lowest BCUT2D eigenvalue weighted by atomic mass is 10.1. The molecule has 1 amide bonds. The first-order valence-electron chi connectivity index (χ1n) is 7.43. The van der Waals surface area contributed by atoms with E-state index in [9.17, 15) is 4.79 Å². The van der Waals surface area contributed by atoms with Crippen molar-refractivity contribution in [3.05, 3.63) is 17.2 Å². The number of ether oxygens (including phenoxy) is 1. The normalized spacial score (nSPS) is 14.2. The highest BCUT2D eigenvalue weighted by atomic mass is 16.6. The summed E-state index contributed by atoms with van der Waals surface area (Å²) in [5.41, 5.74) is 1.69. The van der Waals surface area contributed by atoms with E-state index in [4.69, 9.17) is 4.74 Å². The number of imidazole rings is 1. The lowest BCUT2D eigenvalue weighted by Gasteiger charge is -2.29. The highest BCUT2D eigenvalue weighted by Crippen LogP contribution is 2.19. The third kappa shape index (κ3) is 4.25. The molecule has 1 aliphatic heterocycles. The molecule has 1 aromatic rings. The SMILES string of the molecule is CC.CCc1nc2c([nH]1)CN(C(=O)OC(C)(C)C)CC2.[HH]. The van der Waals surface area contributed by atoms with Crippen LogP contribution in [0.5, 0.6) is 0 Å². The molecule has 0 saturated carbocycles. The van der Waals surface area contributed by atoms with Crippen molar-refractivity contribution >= 4 is 6.09 Å². The average molecular weight is 283 g/mol. The molecule has 0 spiro atoms. The zero-order chi connectivity index (χ0) is 15.3. The predicted octanol–water partition coefficient (Wildman–Crippen LogP) is 3.54. The molecule has 2 heterocycles.